The molecule has 110 valence electrons. The van der Waals surface area contributed by atoms with E-state index in [1.165, 1.54) is 18.2 Å². The van der Waals surface area contributed by atoms with Crippen molar-refractivity contribution in [3.05, 3.63) is 71.0 Å². The Labute approximate surface area is 130 Å². The van der Waals surface area contributed by atoms with Gasteiger partial charge in [-0.1, -0.05) is 35.9 Å². The number of amides is 1. The minimum Gasteiger partial charge on any atom is -0.305 e. The Balaban J connectivity index is 1.78. The van der Waals surface area contributed by atoms with Gasteiger partial charge in [0, 0.05) is 11.1 Å². The lowest BCUT2D eigenvalue weighted by atomic mass is 10.1. The zero-order chi connectivity index (χ0) is 15.5. The fourth-order valence-corrected chi connectivity index (χ4v) is 2.12. The van der Waals surface area contributed by atoms with Gasteiger partial charge in [-0.05, 0) is 29.8 Å². The van der Waals surface area contributed by atoms with Gasteiger partial charge in [-0.3, -0.25) is 9.89 Å². The smallest absolute Gasteiger partial charge is 0.259 e. The molecule has 2 aromatic carbocycles. The Hall–Kier alpha value is -2.66. The molecule has 6 heteroatoms. The van der Waals surface area contributed by atoms with Crippen LogP contribution < -0.4 is 5.32 Å². The van der Waals surface area contributed by atoms with E-state index in [1.54, 1.807) is 24.3 Å². The van der Waals surface area contributed by atoms with Crippen molar-refractivity contribution >= 4 is 23.3 Å². The van der Waals surface area contributed by atoms with Crippen molar-refractivity contribution in [2.24, 2.45) is 0 Å². The molecule has 2 N–H and O–H groups in total. The second-order valence-corrected chi connectivity index (χ2v) is 5.04. The fourth-order valence-electron chi connectivity index (χ4n) is 1.99. The first-order chi connectivity index (χ1) is 10.6. The lowest BCUT2D eigenvalue weighted by Crippen LogP contribution is -2.13. The zero-order valence-electron chi connectivity index (χ0n) is 11.3. The summed E-state index contributed by atoms with van der Waals surface area (Å²) >= 11 is 5.84. The highest BCUT2D eigenvalue weighted by Crippen LogP contribution is 2.22. The van der Waals surface area contributed by atoms with Gasteiger partial charge in [0.1, 0.15) is 5.82 Å². The summed E-state index contributed by atoms with van der Waals surface area (Å²) in [5, 5.41) is 10.00. The second kappa shape index (κ2) is 5.99. The molecule has 0 aliphatic rings. The molecule has 22 heavy (non-hydrogen) atoms. The molecule has 4 nitrogen and oxygen atoms in total. The van der Waals surface area contributed by atoms with E-state index in [0.29, 0.717) is 10.8 Å². The number of benzene rings is 2. The van der Waals surface area contributed by atoms with Crippen molar-refractivity contribution < 1.29 is 9.18 Å². The Bertz CT molecular complexity index is 814. The number of nitrogens with one attached hydrogen (secondary N) is 2. The van der Waals surface area contributed by atoms with E-state index in [0.717, 1.165) is 11.3 Å². The molecular weight excluding hydrogens is 305 g/mol. The minimum atomic E-state index is -0.575. The average Bonchev–Trinajstić information content (AvgIpc) is 2.97. The molecule has 0 fully saturated rings. The van der Waals surface area contributed by atoms with Crippen molar-refractivity contribution in [2.75, 3.05) is 5.32 Å². The maximum absolute atomic E-state index is 13.5. The quantitative estimate of drug-likeness (QED) is 0.763. The van der Waals surface area contributed by atoms with Gasteiger partial charge in [-0.15, -0.1) is 0 Å². The maximum atomic E-state index is 13.5. The summed E-state index contributed by atoms with van der Waals surface area (Å²) < 4.78 is 13.5. The molecule has 3 aromatic rings. The number of aromatic nitrogens is 2. The molecule has 0 aliphatic heterocycles. The van der Waals surface area contributed by atoms with Gasteiger partial charge < -0.3 is 5.32 Å². The number of halogens is 2. The van der Waals surface area contributed by atoms with Gasteiger partial charge in [0.15, 0.2) is 5.82 Å². The molecule has 0 aliphatic carbocycles. The summed E-state index contributed by atoms with van der Waals surface area (Å²) in [7, 11) is 0. The van der Waals surface area contributed by atoms with Crippen LogP contribution in [0.5, 0.6) is 0 Å². The van der Waals surface area contributed by atoms with Gasteiger partial charge in [0.25, 0.3) is 5.91 Å². The van der Waals surface area contributed by atoms with E-state index in [2.05, 4.69) is 15.5 Å². The summed E-state index contributed by atoms with van der Waals surface area (Å²) in [6.07, 6.45) is 0. The van der Waals surface area contributed by atoms with E-state index in [9.17, 15) is 9.18 Å². The standard InChI is InChI=1S/C16H11ClFN3O/c17-11-7-5-10(6-8-11)14-9-15(21-20-14)19-16(22)12-3-1-2-4-13(12)18/h1-9H,(H2,19,20,21,22). The predicted molar refractivity (Wildman–Crippen MR) is 83.4 cm³/mol. The highest BCUT2D eigenvalue weighted by atomic mass is 35.5. The molecule has 1 aromatic heterocycles. The van der Waals surface area contributed by atoms with Gasteiger partial charge in [0.2, 0.25) is 0 Å². The number of nitrogens with zero attached hydrogens (tertiary/aromatic N) is 1. The molecule has 0 unspecified atom stereocenters. The first kappa shape index (κ1) is 14.3. The average molecular weight is 316 g/mol. The Kier molecular flexibility index (Phi) is 3.89. The van der Waals surface area contributed by atoms with Crippen molar-refractivity contribution in [3.63, 3.8) is 0 Å². The summed E-state index contributed by atoms with van der Waals surface area (Å²) in [6.45, 7) is 0. The zero-order valence-corrected chi connectivity index (χ0v) is 12.1. The maximum Gasteiger partial charge on any atom is 0.259 e. The summed E-state index contributed by atoms with van der Waals surface area (Å²) in [4.78, 5) is 12.0. The third kappa shape index (κ3) is 2.99. The van der Waals surface area contributed by atoms with Crippen LogP contribution in [0, 0.1) is 5.82 Å². The van der Waals surface area contributed by atoms with Crippen LogP contribution in [0.25, 0.3) is 11.3 Å². The fraction of sp³-hybridized carbons (Fsp3) is 0. The minimum absolute atomic E-state index is 0.0291. The van der Waals surface area contributed by atoms with E-state index in [1.807, 2.05) is 12.1 Å². The Morgan fingerprint density at radius 3 is 2.59 bits per heavy atom. The third-order valence-corrected chi connectivity index (χ3v) is 3.35. The normalized spacial score (nSPS) is 10.5. The van der Waals surface area contributed by atoms with Gasteiger partial charge in [-0.2, -0.15) is 5.10 Å². The van der Waals surface area contributed by atoms with E-state index in [-0.39, 0.29) is 5.56 Å². The first-order valence-corrected chi connectivity index (χ1v) is 6.88. The van der Waals surface area contributed by atoms with E-state index < -0.39 is 11.7 Å². The predicted octanol–water partition coefficient (Wildman–Crippen LogP) is 4.12. The van der Waals surface area contributed by atoms with Crippen molar-refractivity contribution in [1.82, 2.24) is 10.2 Å². The highest BCUT2D eigenvalue weighted by Gasteiger charge is 2.12. The molecule has 3 rings (SSSR count). The van der Waals surface area contributed by atoms with Crippen LogP contribution in [0.15, 0.2) is 54.6 Å². The van der Waals surface area contributed by atoms with Crippen LogP contribution in [-0.4, -0.2) is 16.1 Å². The molecule has 0 atom stereocenters. The molecule has 0 saturated carbocycles. The lowest BCUT2D eigenvalue weighted by Gasteiger charge is -2.02. The van der Waals surface area contributed by atoms with Crippen LogP contribution in [0.4, 0.5) is 10.2 Å². The van der Waals surface area contributed by atoms with Crippen LogP contribution in [0.1, 0.15) is 10.4 Å². The van der Waals surface area contributed by atoms with E-state index >= 15 is 0 Å². The van der Waals surface area contributed by atoms with Crippen LogP contribution in [0.3, 0.4) is 0 Å². The first-order valence-electron chi connectivity index (χ1n) is 6.51. The number of hydrogen-bond acceptors (Lipinski definition) is 2. The molecule has 1 amide bonds. The molecule has 0 spiro atoms. The summed E-state index contributed by atoms with van der Waals surface area (Å²) in [5.74, 6) is -0.807. The number of H-pyrrole nitrogens is 1. The SMILES string of the molecule is O=C(Nc1cc(-c2ccc(Cl)cc2)[nH]n1)c1ccccc1F. The topological polar surface area (TPSA) is 57.8 Å². The molecule has 0 radical (unpaired) electrons. The third-order valence-electron chi connectivity index (χ3n) is 3.09. The van der Waals surface area contributed by atoms with Crippen LogP contribution in [-0.2, 0) is 0 Å². The number of hydrogen-bond donors (Lipinski definition) is 2. The Morgan fingerprint density at radius 2 is 1.86 bits per heavy atom. The molecule has 0 bridgehead atoms. The van der Waals surface area contributed by atoms with Crippen molar-refractivity contribution in [2.45, 2.75) is 0 Å². The molecule has 0 saturated heterocycles. The number of aromatic amines is 1. The van der Waals surface area contributed by atoms with Gasteiger partial charge in [0.05, 0.1) is 11.3 Å². The monoisotopic (exact) mass is 315 g/mol. The van der Waals surface area contributed by atoms with Crippen molar-refractivity contribution in [1.29, 1.82) is 0 Å². The second-order valence-electron chi connectivity index (χ2n) is 4.61. The van der Waals surface area contributed by atoms with Gasteiger partial charge in [-0.25, -0.2) is 4.39 Å². The number of anilines is 1. The van der Waals surface area contributed by atoms with Crippen LogP contribution in [0.2, 0.25) is 5.02 Å². The molecular formula is C16H11ClFN3O. The molecule has 1 heterocycles. The number of rotatable bonds is 3. The number of carbonyl (C=O) groups is 1. The highest BCUT2D eigenvalue weighted by molar-refractivity contribution is 6.30. The number of carbonyl (C=O) groups excluding carboxylic acids is 1. The van der Waals surface area contributed by atoms with Crippen LogP contribution >= 0.6 is 11.6 Å². The summed E-state index contributed by atoms with van der Waals surface area (Å²) in [5.41, 5.74) is 1.57. The largest absolute Gasteiger partial charge is 0.305 e. The van der Waals surface area contributed by atoms with E-state index in [4.69, 9.17) is 11.6 Å². The van der Waals surface area contributed by atoms with Crippen molar-refractivity contribution in [3.8, 4) is 11.3 Å². The van der Waals surface area contributed by atoms with Gasteiger partial charge >= 0.3 is 0 Å². The lowest BCUT2D eigenvalue weighted by molar-refractivity contribution is 0.102. The summed E-state index contributed by atoms with van der Waals surface area (Å²) in [6, 6.07) is 14.6. The Morgan fingerprint density at radius 1 is 1.14 bits per heavy atom.